The number of carbonyl (C=O) groups is 1. The van der Waals surface area contributed by atoms with E-state index in [4.69, 9.17) is 5.11 Å². The summed E-state index contributed by atoms with van der Waals surface area (Å²) in [6.45, 7) is 2.64. The molecule has 88 valence electrons. The van der Waals surface area contributed by atoms with Gasteiger partial charge in [0.25, 0.3) is 0 Å². The Morgan fingerprint density at radius 2 is 2.12 bits per heavy atom. The van der Waals surface area contributed by atoms with Crippen molar-refractivity contribution in [1.29, 1.82) is 0 Å². The molecule has 2 N–H and O–H groups in total. The lowest BCUT2D eigenvalue weighted by atomic mass is 10.1. The monoisotopic (exact) mass is 221 g/mol. The van der Waals surface area contributed by atoms with E-state index < -0.39 is 0 Å². The first-order valence-corrected chi connectivity index (χ1v) is 5.71. The summed E-state index contributed by atoms with van der Waals surface area (Å²) in [4.78, 5) is 11.4. The van der Waals surface area contributed by atoms with E-state index in [2.05, 4.69) is 12.2 Å². The van der Waals surface area contributed by atoms with Crippen molar-refractivity contribution >= 4 is 5.91 Å². The summed E-state index contributed by atoms with van der Waals surface area (Å²) in [5.74, 6) is 0.0938. The summed E-state index contributed by atoms with van der Waals surface area (Å²) in [5.41, 5.74) is 1.90. The van der Waals surface area contributed by atoms with E-state index in [1.807, 2.05) is 24.3 Å². The van der Waals surface area contributed by atoms with Gasteiger partial charge in [-0.2, -0.15) is 0 Å². The fourth-order valence-electron chi connectivity index (χ4n) is 1.46. The number of unbranched alkanes of at least 4 members (excludes halogenated alkanes) is 1. The molecule has 1 aromatic carbocycles. The van der Waals surface area contributed by atoms with Crippen LogP contribution in [0.15, 0.2) is 24.3 Å². The Hall–Kier alpha value is -1.35. The van der Waals surface area contributed by atoms with E-state index in [9.17, 15) is 4.79 Å². The number of nitrogens with one attached hydrogen (secondary N) is 1. The van der Waals surface area contributed by atoms with Crippen molar-refractivity contribution < 1.29 is 9.90 Å². The molecule has 0 aliphatic heterocycles. The highest BCUT2D eigenvalue weighted by molar-refractivity contribution is 5.75. The molecule has 16 heavy (non-hydrogen) atoms. The summed E-state index contributed by atoms with van der Waals surface area (Å²) >= 11 is 0. The Morgan fingerprint density at radius 3 is 2.81 bits per heavy atom. The highest BCUT2D eigenvalue weighted by Crippen LogP contribution is 2.05. The van der Waals surface area contributed by atoms with Crippen molar-refractivity contribution in [2.45, 2.75) is 39.3 Å². The van der Waals surface area contributed by atoms with Crippen LogP contribution in [-0.4, -0.2) is 11.0 Å². The highest BCUT2D eigenvalue weighted by Gasteiger charge is 2.00. The van der Waals surface area contributed by atoms with Gasteiger partial charge in [-0.05, 0) is 17.5 Å². The van der Waals surface area contributed by atoms with Crippen LogP contribution in [0.25, 0.3) is 0 Å². The standard InChI is InChI=1S/C13H19NO2/c1-2-3-7-13(16)14-9-11-5-4-6-12(8-11)10-15/h4-6,8,15H,2-3,7,9-10H2,1H3,(H,14,16). The fourth-order valence-corrected chi connectivity index (χ4v) is 1.46. The Morgan fingerprint density at radius 1 is 1.38 bits per heavy atom. The SMILES string of the molecule is CCCCC(=O)NCc1cccc(CO)c1. The lowest BCUT2D eigenvalue weighted by molar-refractivity contribution is -0.121. The second kappa shape index (κ2) is 7.01. The maximum atomic E-state index is 11.4. The van der Waals surface area contributed by atoms with Crippen molar-refractivity contribution in [2.75, 3.05) is 0 Å². The van der Waals surface area contributed by atoms with Gasteiger partial charge in [-0.3, -0.25) is 4.79 Å². The predicted octanol–water partition coefficient (Wildman–Crippen LogP) is 1.99. The highest BCUT2D eigenvalue weighted by atomic mass is 16.3. The van der Waals surface area contributed by atoms with Crippen LogP contribution in [0, 0.1) is 0 Å². The van der Waals surface area contributed by atoms with Crippen LogP contribution in [0.2, 0.25) is 0 Å². The van der Waals surface area contributed by atoms with Crippen molar-refractivity contribution in [2.24, 2.45) is 0 Å². The molecular weight excluding hydrogens is 202 g/mol. The molecule has 0 aliphatic rings. The van der Waals surface area contributed by atoms with Gasteiger partial charge in [0.15, 0.2) is 0 Å². The minimum atomic E-state index is 0.0393. The summed E-state index contributed by atoms with van der Waals surface area (Å²) in [6.07, 6.45) is 2.56. The number of hydrogen-bond acceptors (Lipinski definition) is 2. The van der Waals surface area contributed by atoms with Gasteiger partial charge in [0.1, 0.15) is 0 Å². The minimum Gasteiger partial charge on any atom is -0.392 e. The Bertz CT molecular complexity index is 336. The molecule has 0 spiro atoms. The number of hydrogen-bond donors (Lipinski definition) is 2. The van der Waals surface area contributed by atoms with Gasteiger partial charge < -0.3 is 10.4 Å². The smallest absolute Gasteiger partial charge is 0.220 e. The van der Waals surface area contributed by atoms with Gasteiger partial charge in [0.05, 0.1) is 6.61 Å². The van der Waals surface area contributed by atoms with Crippen molar-refractivity contribution in [3.8, 4) is 0 Å². The molecule has 3 heteroatoms. The molecule has 0 radical (unpaired) electrons. The molecule has 0 aromatic heterocycles. The number of carbonyl (C=O) groups excluding carboxylic acids is 1. The van der Waals surface area contributed by atoms with Crippen LogP contribution in [0.5, 0.6) is 0 Å². The van der Waals surface area contributed by atoms with Gasteiger partial charge in [0.2, 0.25) is 5.91 Å². The van der Waals surface area contributed by atoms with E-state index in [1.165, 1.54) is 0 Å². The molecule has 0 saturated heterocycles. The number of benzene rings is 1. The first-order valence-electron chi connectivity index (χ1n) is 5.71. The molecule has 0 unspecified atom stereocenters. The maximum absolute atomic E-state index is 11.4. The van der Waals surface area contributed by atoms with Crippen LogP contribution >= 0.6 is 0 Å². The third-order valence-electron chi connectivity index (χ3n) is 2.42. The molecule has 0 aliphatic carbocycles. The second-order valence-corrected chi connectivity index (χ2v) is 3.86. The molecular formula is C13H19NO2. The van der Waals surface area contributed by atoms with Crippen LogP contribution in [0.4, 0.5) is 0 Å². The largest absolute Gasteiger partial charge is 0.392 e. The first kappa shape index (κ1) is 12.7. The molecule has 0 saturated carbocycles. The third kappa shape index (κ3) is 4.45. The molecule has 0 fully saturated rings. The molecule has 0 bridgehead atoms. The molecule has 1 rings (SSSR count). The maximum Gasteiger partial charge on any atom is 0.220 e. The van der Waals surface area contributed by atoms with Gasteiger partial charge in [0, 0.05) is 13.0 Å². The van der Waals surface area contributed by atoms with Crippen LogP contribution in [-0.2, 0) is 17.9 Å². The Kier molecular flexibility index (Phi) is 5.57. The normalized spacial score (nSPS) is 10.1. The molecule has 1 amide bonds. The summed E-state index contributed by atoms with van der Waals surface area (Å²) < 4.78 is 0. The van der Waals surface area contributed by atoms with E-state index in [0.717, 1.165) is 24.0 Å². The van der Waals surface area contributed by atoms with Crippen LogP contribution in [0.1, 0.15) is 37.3 Å². The quantitative estimate of drug-likeness (QED) is 0.771. The third-order valence-corrected chi connectivity index (χ3v) is 2.42. The first-order chi connectivity index (χ1) is 7.76. The number of rotatable bonds is 6. The van der Waals surface area contributed by atoms with Crippen molar-refractivity contribution in [3.63, 3.8) is 0 Å². The predicted molar refractivity (Wildman–Crippen MR) is 63.7 cm³/mol. The zero-order valence-electron chi connectivity index (χ0n) is 9.70. The van der Waals surface area contributed by atoms with Crippen molar-refractivity contribution in [1.82, 2.24) is 5.32 Å². The number of aliphatic hydroxyl groups is 1. The second-order valence-electron chi connectivity index (χ2n) is 3.86. The van der Waals surface area contributed by atoms with E-state index in [-0.39, 0.29) is 12.5 Å². The average Bonchev–Trinajstić information content (AvgIpc) is 2.34. The van der Waals surface area contributed by atoms with Gasteiger partial charge in [-0.15, -0.1) is 0 Å². The summed E-state index contributed by atoms with van der Waals surface area (Å²) in [7, 11) is 0. The minimum absolute atomic E-state index is 0.0393. The van der Waals surface area contributed by atoms with Gasteiger partial charge in [-0.25, -0.2) is 0 Å². The molecule has 0 atom stereocenters. The Balaban J connectivity index is 2.38. The van der Waals surface area contributed by atoms with Crippen LogP contribution in [0.3, 0.4) is 0 Å². The zero-order valence-corrected chi connectivity index (χ0v) is 9.70. The Labute approximate surface area is 96.5 Å². The molecule has 1 aromatic rings. The zero-order chi connectivity index (χ0) is 11.8. The fraction of sp³-hybridized carbons (Fsp3) is 0.462. The van der Waals surface area contributed by atoms with E-state index >= 15 is 0 Å². The van der Waals surface area contributed by atoms with Crippen molar-refractivity contribution in [3.05, 3.63) is 35.4 Å². The van der Waals surface area contributed by atoms with Gasteiger partial charge >= 0.3 is 0 Å². The number of aliphatic hydroxyl groups excluding tert-OH is 1. The van der Waals surface area contributed by atoms with Crippen LogP contribution < -0.4 is 5.32 Å². The lowest BCUT2D eigenvalue weighted by Gasteiger charge is -2.06. The van der Waals surface area contributed by atoms with Gasteiger partial charge in [-0.1, -0.05) is 37.6 Å². The summed E-state index contributed by atoms with van der Waals surface area (Å²) in [5, 5.41) is 11.8. The number of amides is 1. The lowest BCUT2D eigenvalue weighted by Crippen LogP contribution is -2.22. The topological polar surface area (TPSA) is 49.3 Å². The van der Waals surface area contributed by atoms with E-state index in [0.29, 0.717) is 13.0 Å². The molecule has 3 nitrogen and oxygen atoms in total. The molecule has 0 heterocycles. The summed E-state index contributed by atoms with van der Waals surface area (Å²) in [6, 6.07) is 7.60. The van der Waals surface area contributed by atoms with E-state index in [1.54, 1.807) is 0 Å². The average molecular weight is 221 g/mol.